The zero-order valence-electron chi connectivity index (χ0n) is 7.80. The van der Waals surface area contributed by atoms with Crippen molar-refractivity contribution in [1.29, 1.82) is 0 Å². The van der Waals surface area contributed by atoms with E-state index in [0.29, 0.717) is 0 Å². The maximum Gasteiger partial charge on any atom is 0.0445 e. The summed E-state index contributed by atoms with van der Waals surface area (Å²) >= 11 is 0. The number of pyridine rings is 1. The van der Waals surface area contributed by atoms with E-state index < -0.39 is 0 Å². The van der Waals surface area contributed by atoms with Crippen LogP contribution in [0.1, 0.15) is 18.2 Å². The number of nitrogens with one attached hydrogen (secondary N) is 1. The maximum atomic E-state index is 4.31. The van der Waals surface area contributed by atoms with E-state index in [2.05, 4.69) is 30.2 Å². The fourth-order valence-corrected chi connectivity index (χ4v) is 1.16. The van der Waals surface area contributed by atoms with Gasteiger partial charge in [-0.3, -0.25) is 4.98 Å². The molecule has 0 aromatic carbocycles. The van der Waals surface area contributed by atoms with Crippen LogP contribution < -0.4 is 5.32 Å². The molecular weight excluding hydrogens is 148 g/mol. The molecule has 0 spiro atoms. The van der Waals surface area contributed by atoms with Gasteiger partial charge in [-0.05, 0) is 25.1 Å². The van der Waals surface area contributed by atoms with Gasteiger partial charge in [0.1, 0.15) is 0 Å². The fraction of sp³-hybridized carbons (Fsp3) is 0.500. The summed E-state index contributed by atoms with van der Waals surface area (Å²) in [6.45, 7) is 6.28. The van der Waals surface area contributed by atoms with Gasteiger partial charge in [-0.1, -0.05) is 13.0 Å². The topological polar surface area (TPSA) is 24.9 Å². The molecule has 0 saturated heterocycles. The fourth-order valence-electron chi connectivity index (χ4n) is 1.16. The number of nitrogens with zero attached hydrogens (tertiary/aromatic N) is 1. The van der Waals surface area contributed by atoms with E-state index in [1.165, 1.54) is 11.3 Å². The van der Waals surface area contributed by atoms with E-state index in [4.69, 9.17) is 0 Å². The van der Waals surface area contributed by atoms with Crippen molar-refractivity contribution in [3.8, 4) is 0 Å². The molecule has 1 rings (SSSR count). The average Bonchev–Trinajstić information content (AvgIpc) is 2.09. The van der Waals surface area contributed by atoms with Gasteiger partial charge in [-0.25, -0.2) is 0 Å². The van der Waals surface area contributed by atoms with E-state index in [1.807, 2.05) is 12.3 Å². The highest BCUT2D eigenvalue weighted by Crippen LogP contribution is 2.02. The van der Waals surface area contributed by atoms with Crippen LogP contribution in [0.15, 0.2) is 18.3 Å². The largest absolute Gasteiger partial charge is 0.317 e. The molecule has 0 bridgehead atoms. The van der Waals surface area contributed by atoms with Gasteiger partial charge >= 0.3 is 0 Å². The minimum atomic E-state index is 1.02. The third-order valence-electron chi connectivity index (χ3n) is 1.91. The second-order valence-corrected chi connectivity index (χ2v) is 2.87. The highest BCUT2D eigenvalue weighted by atomic mass is 14.8. The monoisotopic (exact) mass is 164 g/mol. The first kappa shape index (κ1) is 9.20. The summed E-state index contributed by atoms with van der Waals surface area (Å²) in [6, 6.07) is 4.08. The van der Waals surface area contributed by atoms with Gasteiger partial charge in [0.2, 0.25) is 0 Å². The number of hydrogen-bond donors (Lipinski definition) is 1. The van der Waals surface area contributed by atoms with Crippen molar-refractivity contribution in [2.75, 3.05) is 13.1 Å². The van der Waals surface area contributed by atoms with Crippen LogP contribution in [0.5, 0.6) is 0 Å². The quantitative estimate of drug-likeness (QED) is 0.683. The Balaban J connectivity index is 2.46. The molecule has 1 heterocycles. The smallest absolute Gasteiger partial charge is 0.0445 e. The van der Waals surface area contributed by atoms with E-state index in [1.54, 1.807) is 0 Å². The number of aromatic nitrogens is 1. The molecule has 1 N–H and O–H groups in total. The summed E-state index contributed by atoms with van der Waals surface area (Å²) in [5.41, 5.74) is 2.49. The van der Waals surface area contributed by atoms with E-state index in [9.17, 15) is 0 Å². The van der Waals surface area contributed by atoms with Gasteiger partial charge in [0.25, 0.3) is 0 Å². The lowest BCUT2D eigenvalue weighted by Gasteiger charge is -2.03. The Kier molecular flexibility index (Phi) is 3.74. The lowest BCUT2D eigenvalue weighted by Crippen LogP contribution is -2.16. The molecule has 2 heteroatoms. The number of aryl methyl sites for hydroxylation is 1. The average molecular weight is 164 g/mol. The number of likely N-dealkylation sites (N-methyl/N-ethyl adjacent to an activating group) is 1. The number of hydrogen-bond acceptors (Lipinski definition) is 2. The molecule has 0 aliphatic rings. The first-order valence-corrected chi connectivity index (χ1v) is 4.45. The molecule has 2 nitrogen and oxygen atoms in total. The summed E-state index contributed by atoms with van der Waals surface area (Å²) in [5, 5.41) is 3.28. The van der Waals surface area contributed by atoms with Crippen LogP contribution in [-0.4, -0.2) is 18.1 Å². The molecule has 0 unspecified atom stereocenters. The highest BCUT2D eigenvalue weighted by Gasteiger charge is 1.96. The minimum absolute atomic E-state index is 1.02. The molecule has 66 valence electrons. The van der Waals surface area contributed by atoms with E-state index >= 15 is 0 Å². The molecule has 0 fully saturated rings. The molecule has 0 saturated carbocycles. The molecule has 1 aromatic rings. The van der Waals surface area contributed by atoms with Crippen LogP contribution >= 0.6 is 0 Å². The molecule has 0 aliphatic heterocycles. The van der Waals surface area contributed by atoms with Crippen molar-refractivity contribution in [2.24, 2.45) is 0 Å². The lowest BCUT2D eigenvalue weighted by molar-refractivity contribution is 0.705. The Hall–Kier alpha value is -0.890. The summed E-state index contributed by atoms with van der Waals surface area (Å²) in [5.74, 6) is 0. The highest BCUT2D eigenvalue weighted by molar-refractivity contribution is 5.17. The zero-order valence-corrected chi connectivity index (χ0v) is 7.80. The van der Waals surface area contributed by atoms with Crippen molar-refractivity contribution < 1.29 is 0 Å². The zero-order chi connectivity index (χ0) is 8.81. The Morgan fingerprint density at radius 3 is 3.00 bits per heavy atom. The van der Waals surface area contributed by atoms with Gasteiger partial charge < -0.3 is 5.32 Å². The molecule has 0 amide bonds. The van der Waals surface area contributed by atoms with Gasteiger partial charge in [0.05, 0.1) is 0 Å². The van der Waals surface area contributed by atoms with Crippen LogP contribution in [-0.2, 0) is 6.42 Å². The van der Waals surface area contributed by atoms with Crippen molar-refractivity contribution in [1.82, 2.24) is 10.3 Å². The van der Waals surface area contributed by atoms with Crippen LogP contribution in [0.3, 0.4) is 0 Å². The summed E-state index contributed by atoms with van der Waals surface area (Å²) < 4.78 is 0. The normalized spacial score (nSPS) is 10.2. The van der Waals surface area contributed by atoms with Crippen LogP contribution in [0.2, 0.25) is 0 Å². The molecule has 0 radical (unpaired) electrons. The molecule has 1 aromatic heterocycles. The second kappa shape index (κ2) is 4.88. The maximum absolute atomic E-state index is 4.31. The van der Waals surface area contributed by atoms with Gasteiger partial charge in [0.15, 0.2) is 0 Å². The lowest BCUT2D eigenvalue weighted by atomic mass is 10.2. The third-order valence-corrected chi connectivity index (χ3v) is 1.91. The van der Waals surface area contributed by atoms with E-state index in [-0.39, 0.29) is 0 Å². The van der Waals surface area contributed by atoms with E-state index in [0.717, 1.165) is 19.5 Å². The Morgan fingerprint density at radius 2 is 2.33 bits per heavy atom. The summed E-state index contributed by atoms with van der Waals surface area (Å²) in [4.78, 5) is 4.31. The minimum Gasteiger partial charge on any atom is -0.317 e. The van der Waals surface area contributed by atoms with Crippen molar-refractivity contribution in [2.45, 2.75) is 20.3 Å². The molecule has 0 aliphatic carbocycles. The second-order valence-electron chi connectivity index (χ2n) is 2.87. The van der Waals surface area contributed by atoms with Gasteiger partial charge in [-0.2, -0.15) is 0 Å². The van der Waals surface area contributed by atoms with Crippen LogP contribution in [0.4, 0.5) is 0 Å². The van der Waals surface area contributed by atoms with Crippen LogP contribution in [0.25, 0.3) is 0 Å². The molecular formula is C10H16N2. The van der Waals surface area contributed by atoms with Crippen molar-refractivity contribution >= 4 is 0 Å². The number of rotatable bonds is 4. The van der Waals surface area contributed by atoms with Gasteiger partial charge in [-0.15, -0.1) is 0 Å². The molecule has 0 atom stereocenters. The Bertz CT molecular complexity index is 233. The SMILES string of the molecule is CCNCCc1ncccc1C. The van der Waals surface area contributed by atoms with Gasteiger partial charge in [0, 0.05) is 24.9 Å². The Labute approximate surface area is 74.0 Å². The third kappa shape index (κ3) is 2.62. The molecule has 12 heavy (non-hydrogen) atoms. The summed E-state index contributed by atoms with van der Waals surface area (Å²) in [7, 11) is 0. The van der Waals surface area contributed by atoms with Crippen LogP contribution in [0, 0.1) is 6.92 Å². The summed E-state index contributed by atoms with van der Waals surface area (Å²) in [6.07, 6.45) is 2.88. The predicted molar refractivity (Wildman–Crippen MR) is 51.2 cm³/mol. The first-order valence-electron chi connectivity index (χ1n) is 4.45. The van der Waals surface area contributed by atoms with Crippen molar-refractivity contribution in [3.05, 3.63) is 29.6 Å². The van der Waals surface area contributed by atoms with Crippen molar-refractivity contribution in [3.63, 3.8) is 0 Å². The standard InChI is InChI=1S/C10H16N2/c1-3-11-8-6-10-9(2)5-4-7-12-10/h4-5,7,11H,3,6,8H2,1-2H3. The first-order chi connectivity index (χ1) is 5.84. The Morgan fingerprint density at radius 1 is 1.50 bits per heavy atom. The predicted octanol–water partition coefficient (Wildman–Crippen LogP) is 1.54.